The van der Waals surface area contributed by atoms with Crippen LogP contribution in [0.3, 0.4) is 0 Å². The van der Waals surface area contributed by atoms with Crippen LogP contribution in [-0.4, -0.2) is 23.0 Å². The van der Waals surface area contributed by atoms with Gasteiger partial charge in [-0.15, -0.1) is 0 Å². The van der Waals surface area contributed by atoms with Crippen LogP contribution in [0.15, 0.2) is 18.5 Å². The third kappa shape index (κ3) is 1.58. The molecule has 2 heterocycles. The Bertz CT molecular complexity index is 502. The van der Waals surface area contributed by atoms with Gasteiger partial charge in [-0.05, 0) is 18.1 Å². The van der Waals surface area contributed by atoms with Crippen molar-refractivity contribution in [3.05, 3.63) is 29.7 Å². The van der Waals surface area contributed by atoms with E-state index < -0.39 is 5.97 Å². The van der Waals surface area contributed by atoms with Gasteiger partial charge in [0.15, 0.2) is 0 Å². The maximum atomic E-state index is 11.2. The number of fused-ring (bicyclic) bond motifs is 1. The van der Waals surface area contributed by atoms with Crippen molar-refractivity contribution < 1.29 is 9.53 Å². The molecule has 0 spiro atoms. The van der Waals surface area contributed by atoms with E-state index >= 15 is 0 Å². The van der Waals surface area contributed by atoms with Crippen LogP contribution < -0.4 is 0 Å². The summed E-state index contributed by atoms with van der Waals surface area (Å²) >= 11 is 0. The average molecular weight is 204 g/mol. The second-order valence-corrected chi connectivity index (χ2v) is 3.27. The molecular weight excluding hydrogens is 192 g/mol. The van der Waals surface area contributed by atoms with Gasteiger partial charge in [0.25, 0.3) is 0 Å². The quantitative estimate of drug-likeness (QED) is 0.760. The first kappa shape index (κ1) is 9.71. The maximum absolute atomic E-state index is 11.2. The van der Waals surface area contributed by atoms with Crippen molar-refractivity contribution in [1.29, 1.82) is 0 Å². The normalized spacial score (nSPS) is 10.5. The van der Waals surface area contributed by atoms with Gasteiger partial charge < -0.3 is 9.72 Å². The van der Waals surface area contributed by atoms with Crippen molar-refractivity contribution in [2.45, 2.75) is 13.3 Å². The van der Waals surface area contributed by atoms with E-state index in [1.54, 1.807) is 12.3 Å². The minimum Gasteiger partial charge on any atom is -0.464 e. The van der Waals surface area contributed by atoms with E-state index in [1.165, 1.54) is 12.7 Å². The summed E-state index contributed by atoms with van der Waals surface area (Å²) in [6.45, 7) is 2.08. The minimum absolute atomic E-state index is 0.328. The number of hydrogen-bond acceptors (Lipinski definition) is 3. The maximum Gasteiger partial charge on any atom is 0.356 e. The van der Waals surface area contributed by atoms with Crippen molar-refractivity contribution in [1.82, 2.24) is 9.97 Å². The van der Waals surface area contributed by atoms with E-state index in [1.807, 2.05) is 6.20 Å². The standard InChI is InChI=1S/C11H12N2O2/c1-3-7-5-12-9-4-10(11(14)15-2)13-6-8(7)9/h4-6,12H,3H2,1-2H3. The van der Waals surface area contributed by atoms with E-state index in [0.717, 1.165) is 17.3 Å². The molecule has 0 radical (unpaired) electrons. The number of esters is 1. The zero-order chi connectivity index (χ0) is 10.8. The first-order chi connectivity index (χ1) is 7.26. The largest absolute Gasteiger partial charge is 0.464 e. The van der Waals surface area contributed by atoms with Crippen molar-refractivity contribution in [2.24, 2.45) is 0 Å². The van der Waals surface area contributed by atoms with E-state index in [2.05, 4.69) is 21.6 Å². The lowest BCUT2D eigenvalue weighted by molar-refractivity contribution is 0.0594. The van der Waals surface area contributed by atoms with E-state index in [-0.39, 0.29) is 0 Å². The second-order valence-electron chi connectivity index (χ2n) is 3.27. The minimum atomic E-state index is -0.412. The molecule has 0 atom stereocenters. The van der Waals surface area contributed by atoms with Gasteiger partial charge in [0, 0.05) is 23.3 Å². The summed E-state index contributed by atoms with van der Waals surface area (Å²) in [7, 11) is 1.35. The van der Waals surface area contributed by atoms with Crippen molar-refractivity contribution in [3.63, 3.8) is 0 Å². The molecule has 0 bridgehead atoms. The lowest BCUT2D eigenvalue weighted by atomic mass is 10.1. The molecule has 0 amide bonds. The van der Waals surface area contributed by atoms with Crippen LogP contribution in [0.25, 0.3) is 10.9 Å². The van der Waals surface area contributed by atoms with Crippen LogP contribution >= 0.6 is 0 Å². The van der Waals surface area contributed by atoms with Gasteiger partial charge in [0.05, 0.1) is 7.11 Å². The Hall–Kier alpha value is -1.84. The average Bonchev–Trinajstić information content (AvgIpc) is 2.69. The fourth-order valence-corrected chi connectivity index (χ4v) is 1.58. The highest BCUT2D eigenvalue weighted by Crippen LogP contribution is 2.18. The molecule has 1 N–H and O–H groups in total. The first-order valence-corrected chi connectivity index (χ1v) is 4.80. The second kappa shape index (κ2) is 3.73. The number of nitrogens with one attached hydrogen (secondary N) is 1. The van der Waals surface area contributed by atoms with Crippen LogP contribution in [0.5, 0.6) is 0 Å². The fourth-order valence-electron chi connectivity index (χ4n) is 1.58. The van der Waals surface area contributed by atoms with Crippen LogP contribution in [0, 0.1) is 0 Å². The lowest BCUT2D eigenvalue weighted by Crippen LogP contribution is -2.03. The summed E-state index contributed by atoms with van der Waals surface area (Å²) in [5.74, 6) is -0.412. The molecule has 4 nitrogen and oxygen atoms in total. The van der Waals surface area contributed by atoms with Crippen LogP contribution in [-0.2, 0) is 11.2 Å². The van der Waals surface area contributed by atoms with Gasteiger partial charge in [0.2, 0.25) is 0 Å². The molecule has 0 fully saturated rings. The highest BCUT2D eigenvalue weighted by atomic mass is 16.5. The number of ether oxygens (including phenoxy) is 1. The lowest BCUT2D eigenvalue weighted by Gasteiger charge is -1.98. The number of nitrogens with zero attached hydrogens (tertiary/aromatic N) is 1. The number of aryl methyl sites for hydroxylation is 1. The zero-order valence-electron chi connectivity index (χ0n) is 8.70. The van der Waals surface area contributed by atoms with E-state index in [0.29, 0.717) is 5.69 Å². The van der Waals surface area contributed by atoms with Gasteiger partial charge >= 0.3 is 5.97 Å². The van der Waals surface area contributed by atoms with Crippen LogP contribution in [0.2, 0.25) is 0 Å². The van der Waals surface area contributed by atoms with Gasteiger partial charge in [-0.2, -0.15) is 0 Å². The zero-order valence-corrected chi connectivity index (χ0v) is 8.70. The molecule has 15 heavy (non-hydrogen) atoms. The van der Waals surface area contributed by atoms with Crippen molar-refractivity contribution in [3.8, 4) is 0 Å². The number of pyridine rings is 1. The molecule has 0 unspecified atom stereocenters. The molecule has 2 aromatic heterocycles. The van der Waals surface area contributed by atoms with Crippen molar-refractivity contribution >= 4 is 16.9 Å². The number of aromatic amines is 1. The molecule has 0 saturated heterocycles. The topological polar surface area (TPSA) is 55.0 Å². The third-order valence-corrected chi connectivity index (χ3v) is 2.43. The predicted molar refractivity (Wildman–Crippen MR) is 56.8 cm³/mol. The fraction of sp³-hybridized carbons (Fsp3) is 0.273. The van der Waals surface area contributed by atoms with Gasteiger partial charge in [-0.1, -0.05) is 6.92 Å². The Morgan fingerprint density at radius 2 is 2.40 bits per heavy atom. The Morgan fingerprint density at radius 1 is 1.60 bits per heavy atom. The molecule has 4 heteroatoms. The Kier molecular flexibility index (Phi) is 2.41. The summed E-state index contributed by atoms with van der Waals surface area (Å²) in [6, 6.07) is 1.71. The smallest absolute Gasteiger partial charge is 0.356 e. The number of carbonyl (C=O) groups excluding carboxylic acids is 1. The Labute approximate surface area is 87.3 Å². The number of aromatic nitrogens is 2. The molecule has 0 aromatic carbocycles. The summed E-state index contributed by atoms with van der Waals surface area (Å²) in [4.78, 5) is 18.4. The Morgan fingerprint density at radius 3 is 3.07 bits per heavy atom. The Balaban J connectivity index is 2.53. The molecule has 0 aliphatic carbocycles. The number of H-pyrrole nitrogens is 1. The third-order valence-electron chi connectivity index (χ3n) is 2.43. The number of rotatable bonds is 2. The summed E-state index contributed by atoms with van der Waals surface area (Å²) in [5.41, 5.74) is 2.45. The highest BCUT2D eigenvalue weighted by Gasteiger charge is 2.09. The highest BCUT2D eigenvalue weighted by molar-refractivity contribution is 5.92. The summed E-state index contributed by atoms with van der Waals surface area (Å²) in [6.07, 6.45) is 4.59. The summed E-state index contributed by atoms with van der Waals surface area (Å²) < 4.78 is 4.60. The number of methoxy groups -OCH3 is 1. The van der Waals surface area contributed by atoms with Crippen molar-refractivity contribution in [2.75, 3.05) is 7.11 Å². The molecule has 0 saturated carbocycles. The molecule has 0 aliphatic heterocycles. The van der Waals surface area contributed by atoms with Crippen LogP contribution in [0.4, 0.5) is 0 Å². The molecule has 0 aliphatic rings. The van der Waals surface area contributed by atoms with Crippen LogP contribution in [0.1, 0.15) is 23.0 Å². The number of carbonyl (C=O) groups is 1. The molecule has 78 valence electrons. The van der Waals surface area contributed by atoms with Gasteiger partial charge in [-0.3, -0.25) is 0 Å². The van der Waals surface area contributed by atoms with E-state index in [4.69, 9.17) is 0 Å². The summed E-state index contributed by atoms with van der Waals surface area (Å²) in [5, 5.41) is 1.06. The van der Waals surface area contributed by atoms with Gasteiger partial charge in [-0.25, -0.2) is 9.78 Å². The number of hydrogen-bond donors (Lipinski definition) is 1. The van der Waals surface area contributed by atoms with E-state index in [9.17, 15) is 4.79 Å². The molecule has 2 aromatic rings. The first-order valence-electron chi connectivity index (χ1n) is 4.80. The SMILES string of the molecule is CCc1c[nH]c2cc(C(=O)OC)ncc12. The predicted octanol–water partition coefficient (Wildman–Crippen LogP) is 1.91. The van der Waals surface area contributed by atoms with Gasteiger partial charge in [0.1, 0.15) is 5.69 Å². The molecule has 2 rings (SSSR count). The molecular formula is C11H12N2O2. The monoisotopic (exact) mass is 204 g/mol.